The van der Waals surface area contributed by atoms with Crippen LogP contribution in [0.2, 0.25) is 0 Å². The van der Waals surface area contributed by atoms with E-state index in [0.29, 0.717) is 12.6 Å². The van der Waals surface area contributed by atoms with Crippen molar-refractivity contribution >= 4 is 11.7 Å². The minimum absolute atomic E-state index is 0.0206. The highest BCUT2D eigenvalue weighted by atomic mass is 16.2. The topological polar surface area (TPSA) is 58.2 Å². The number of nitrogens with one attached hydrogen (secondary N) is 2. The molecule has 1 amide bonds. The number of rotatable bonds is 8. The van der Waals surface area contributed by atoms with E-state index in [1.165, 1.54) is 44.9 Å². The average molecular weight is 339 g/mol. The highest BCUT2D eigenvalue weighted by Gasteiger charge is 2.21. The first kappa shape index (κ1) is 21.1. The molecule has 0 bridgehead atoms. The molecule has 0 aromatic rings. The van der Waals surface area contributed by atoms with Crippen molar-refractivity contribution in [2.45, 2.75) is 104 Å². The number of ketones is 1. The fraction of sp³-hybridized carbons (Fsp3) is 0.900. The molecule has 1 rings (SSSR count). The molecule has 0 spiro atoms. The van der Waals surface area contributed by atoms with E-state index in [-0.39, 0.29) is 23.1 Å². The van der Waals surface area contributed by atoms with Crippen LogP contribution in [0.3, 0.4) is 0 Å². The Labute approximate surface area is 148 Å². The van der Waals surface area contributed by atoms with Gasteiger partial charge in [-0.15, -0.1) is 0 Å². The Morgan fingerprint density at radius 2 is 1.58 bits per heavy atom. The van der Waals surface area contributed by atoms with Gasteiger partial charge in [0, 0.05) is 18.0 Å². The lowest BCUT2D eigenvalue weighted by atomic mass is 9.95. The van der Waals surface area contributed by atoms with Gasteiger partial charge in [-0.2, -0.15) is 0 Å². The van der Waals surface area contributed by atoms with Gasteiger partial charge in [0.2, 0.25) is 5.91 Å². The van der Waals surface area contributed by atoms with Gasteiger partial charge in [0.15, 0.2) is 0 Å². The van der Waals surface area contributed by atoms with Crippen molar-refractivity contribution in [1.29, 1.82) is 0 Å². The van der Waals surface area contributed by atoms with Gasteiger partial charge in [0.05, 0.1) is 6.04 Å². The summed E-state index contributed by atoms with van der Waals surface area (Å²) in [5, 5.41) is 6.59. The quantitative estimate of drug-likeness (QED) is 0.658. The van der Waals surface area contributed by atoms with Crippen LogP contribution >= 0.6 is 0 Å². The molecular formula is C20H38N2O2. The fourth-order valence-electron chi connectivity index (χ4n) is 3.25. The summed E-state index contributed by atoms with van der Waals surface area (Å²) in [4.78, 5) is 23.8. The van der Waals surface area contributed by atoms with Gasteiger partial charge >= 0.3 is 0 Å². The third-order valence-corrected chi connectivity index (χ3v) is 4.92. The van der Waals surface area contributed by atoms with Crippen molar-refractivity contribution in [3.8, 4) is 0 Å². The second-order valence-corrected chi connectivity index (χ2v) is 8.37. The van der Waals surface area contributed by atoms with Crippen LogP contribution in [0.15, 0.2) is 0 Å². The smallest absolute Gasteiger partial charge is 0.225 e. The molecule has 4 nitrogen and oxygen atoms in total. The van der Waals surface area contributed by atoms with Crippen molar-refractivity contribution in [3.05, 3.63) is 0 Å². The summed E-state index contributed by atoms with van der Waals surface area (Å²) < 4.78 is 0. The molecule has 24 heavy (non-hydrogen) atoms. The molecule has 0 saturated heterocycles. The van der Waals surface area contributed by atoms with Crippen LogP contribution in [0.1, 0.15) is 91.9 Å². The molecule has 1 unspecified atom stereocenters. The van der Waals surface area contributed by atoms with Gasteiger partial charge in [-0.1, -0.05) is 52.9 Å². The van der Waals surface area contributed by atoms with E-state index >= 15 is 0 Å². The highest BCUT2D eigenvalue weighted by Crippen LogP contribution is 2.18. The van der Waals surface area contributed by atoms with Crippen molar-refractivity contribution in [1.82, 2.24) is 10.6 Å². The summed E-state index contributed by atoms with van der Waals surface area (Å²) in [6.45, 7) is 8.17. The van der Waals surface area contributed by atoms with Crippen molar-refractivity contribution in [2.75, 3.05) is 6.54 Å². The molecule has 4 heteroatoms. The molecule has 0 radical (unpaired) electrons. The molecule has 140 valence electrons. The summed E-state index contributed by atoms with van der Waals surface area (Å²) in [6.07, 6.45) is 11.7. The third-order valence-electron chi connectivity index (χ3n) is 4.92. The summed E-state index contributed by atoms with van der Waals surface area (Å²) in [7, 11) is 0. The minimum Gasteiger partial charge on any atom is -0.356 e. The maximum absolute atomic E-state index is 11.9. The summed E-state index contributed by atoms with van der Waals surface area (Å²) in [5.41, 5.74) is -0.332. The minimum atomic E-state index is -0.332. The monoisotopic (exact) mass is 338 g/mol. The molecule has 1 saturated carbocycles. The second kappa shape index (κ2) is 10.9. The predicted molar refractivity (Wildman–Crippen MR) is 100 cm³/mol. The third kappa shape index (κ3) is 8.81. The van der Waals surface area contributed by atoms with E-state index in [4.69, 9.17) is 0 Å². The Kier molecular flexibility index (Phi) is 9.57. The Morgan fingerprint density at radius 1 is 1.00 bits per heavy atom. The van der Waals surface area contributed by atoms with E-state index < -0.39 is 0 Å². The first-order valence-electron chi connectivity index (χ1n) is 9.85. The molecule has 2 N–H and O–H groups in total. The predicted octanol–water partition coefficient (Wildman–Crippen LogP) is 3.98. The van der Waals surface area contributed by atoms with Crippen molar-refractivity contribution in [2.24, 2.45) is 5.41 Å². The highest BCUT2D eigenvalue weighted by molar-refractivity contribution is 5.81. The average Bonchev–Trinajstić information content (AvgIpc) is 2.46. The van der Waals surface area contributed by atoms with Crippen LogP contribution in [0.4, 0.5) is 0 Å². The van der Waals surface area contributed by atoms with E-state index in [1.54, 1.807) is 6.92 Å². The van der Waals surface area contributed by atoms with Crippen LogP contribution in [0.5, 0.6) is 0 Å². The van der Waals surface area contributed by atoms with E-state index in [1.807, 2.05) is 20.8 Å². The molecule has 1 aliphatic rings. The van der Waals surface area contributed by atoms with E-state index in [9.17, 15) is 9.59 Å². The number of hydrogen-bond donors (Lipinski definition) is 2. The Morgan fingerprint density at radius 3 is 2.12 bits per heavy atom. The first-order valence-corrected chi connectivity index (χ1v) is 9.85. The summed E-state index contributed by atoms with van der Waals surface area (Å²) in [6, 6.07) is 0.479. The number of carbonyl (C=O) groups is 2. The van der Waals surface area contributed by atoms with Gasteiger partial charge in [0.1, 0.15) is 5.78 Å². The lowest BCUT2D eigenvalue weighted by Crippen LogP contribution is -2.43. The number of Topliss-reactive ketones (excluding diaryl/α,β-unsaturated/α-hetero) is 1. The maximum Gasteiger partial charge on any atom is 0.225 e. The summed E-state index contributed by atoms with van der Waals surface area (Å²) >= 11 is 0. The van der Waals surface area contributed by atoms with Gasteiger partial charge in [-0.3, -0.25) is 9.59 Å². The zero-order valence-electron chi connectivity index (χ0n) is 16.2. The van der Waals surface area contributed by atoms with Gasteiger partial charge < -0.3 is 10.6 Å². The molecular weight excluding hydrogens is 300 g/mol. The molecule has 0 heterocycles. The number of unbranched alkanes of at least 4 members (excludes halogenated alkanes) is 1. The first-order chi connectivity index (χ1) is 11.3. The Bertz CT molecular complexity index is 380. The number of hydrogen-bond acceptors (Lipinski definition) is 3. The van der Waals surface area contributed by atoms with Crippen LogP contribution in [0, 0.1) is 5.41 Å². The van der Waals surface area contributed by atoms with Crippen LogP contribution < -0.4 is 10.6 Å². The van der Waals surface area contributed by atoms with Crippen molar-refractivity contribution < 1.29 is 9.59 Å². The number of amides is 1. The molecule has 1 aliphatic carbocycles. The SMILES string of the molecule is CC(=O)C(CCCCNC(=O)C(C)(C)C)NC1CCCCCCC1. The molecule has 0 aromatic heterocycles. The van der Waals surface area contributed by atoms with Gasteiger partial charge in [0.25, 0.3) is 0 Å². The molecule has 0 aliphatic heterocycles. The standard InChI is InChI=1S/C20H38N2O2/c1-16(23)18(22-17-12-8-6-5-7-9-13-17)14-10-11-15-21-19(24)20(2,3)4/h17-18,22H,5-15H2,1-4H3,(H,21,24). The van der Waals surface area contributed by atoms with Gasteiger partial charge in [-0.05, 0) is 39.0 Å². The lowest BCUT2D eigenvalue weighted by Gasteiger charge is -2.26. The Balaban J connectivity index is 2.27. The summed E-state index contributed by atoms with van der Waals surface area (Å²) in [5.74, 6) is 0.342. The molecule has 0 aromatic carbocycles. The maximum atomic E-state index is 11.9. The fourth-order valence-corrected chi connectivity index (χ4v) is 3.25. The zero-order chi connectivity index (χ0) is 18.0. The van der Waals surface area contributed by atoms with E-state index in [2.05, 4.69) is 10.6 Å². The Hall–Kier alpha value is -0.900. The van der Waals surface area contributed by atoms with E-state index in [0.717, 1.165) is 19.3 Å². The van der Waals surface area contributed by atoms with Crippen molar-refractivity contribution in [3.63, 3.8) is 0 Å². The number of carbonyl (C=O) groups excluding carboxylic acids is 2. The molecule has 1 fully saturated rings. The van der Waals surface area contributed by atoms with Gasteiger partial charge in [-0.25, -0.2) is 0 Å². The zero-order valence-corrected chi connectivity index (χ0v) is 16.2. The van der Waals surface area contributed by atoms with Crippen LogP contribution in [-0.4, -0.2) is 30.3 Å². The lowest BCUT2D eigenvalue weighted by molar-refractivity contribution is -0.128. The van der Waals surface area contributed by atoms with Crippen LogP contribution in [0.25, 0.3) is 0 Å². The normalized spacial score (nSPS) is 18.5. The molecule has 1 atom stereocenters. The largest absolute Gasteiger partial charge is 0.356 e. The second-order valence-electron chi connectivity index (χ2n) is 8.37. The van der Waals surface area contributed by atoms with Crippen LogP contribution in [-0.2, 0) is 9.59 Å².